The normalized spacial score (nSPS) is 14.9. The molecule has 1 aromatic heterocycles. The summed E-state index contributed by atoms with van der Waals surface area (Å²) in [6.07, 6.45) is 4.12. The Morgan fingerprint density at radius 1 is 1.13 bits per heavy atom. The average Bonchev–Trinajstić information content (AvgIpc) is 3.32. The molecule has 1 aromatic carbocycles. The Kier molecular flexibility index (Phi) is 8.09. The lowest BCUT2D eigenvalue weighted by Gasteiger charge is -2.34. The van der Waals surface area contributed by atoms with E-state index in [0.29, 0.717) is 36.8 Å². The number of nitrogens with zero attached hydrogens (tertiary/aromatic N) is 2. The van der Waals surface area contributed by atoms with Gasteiger partial charge in [-0.2, -0.15) is 0 Å². The quantitative estimate of drug-likeness (QED) is 0.466. The van der Waals surface area contributed by atoms with E-state index in [-0.39, 0.29) is 11.8 Å². The highest BCUT2D eigenvalue weighted by Crippen LogP contribution is 2.20. The summed E-state index contributed by atoms with van der Waals surface area (Å²) in [5.41, 5.74) is 1.61. The minimum absolute atomic E-state index is 0.106. The maximum Gasteiger partial charge on any atom is 0.251 e. The van der Waals surface area contributed by atoms with Crippen LogP contribution in [0.3, 0.4) is 0 Å². The molecule has 0 unspecified atom stereocenters. The van der Waals surface area contributed by atoms with Crippen LogP contribution >= 0.6 is 0 Å². The van der Waals surface area contributed by atoms with Crippen LogP contribution in [0.1, 0.15) is 40.9 Å². The largest absolute Gasteiger partial charge is 0.467 e. The van der Waals surface area contributed by atoms with E-state index in [2.05, 4.69) is 25.8 Å². The van der Waals surface area contributed by atoms with Crippen LogP contribution in [0.4, 0.5) is 0 Å². The van der Waals surface area contributed by atoms with E-state index in [0.717, 1.165) is 37.5 Å². The minimum atomic E-state index is -0.138. The highest BCUT2D eigenvalue weighted by Gasteiger charge is 2.23. The Balaban J connectivity index is 1.49. The van der Waals surface area contributed by atoms with Crippen LogP contribution in [0.15, 0.2) is 52.1 Å². The molecule has 1 fully saturated rings. The van der Waals surface area contributed by atoms with Crippen molar-refractivity contribution in [3.63, 3.8) is 0 Å². The molecule has 3 rings (SSSR count). The van der Waals surface area contributed by atoms with Crippen molar-refractivity contribution < 1.29 is 14.0 Å². The third-order valence-corrected chi connectivity index (χ3v) is 5.52. The van der Waals surface area contributed by atoms with Gasteiger partial charge in [0.1, 0.15) is 5.76 Å². The lowest BCUT2D eigenvalue weighted by atomic mass is 9.93. The molecule has 2 aromatic rings. The van der Waals surface area contributed by atoms with Crippen molar-refractivity contribution in [2.24, 2.45) is 10.9 Å². The molecule has 0 bridgehead atoms. The van der Waals surface area contributed by atoms with Crippen molar-refractivity contribution in [1.82, 2.24) is 20.9 Å². The predicted molar refractivity (Wildman–Crippen MR) is 119 cm³/mol. The van der Waals surface area contributed by atoms with Gasteiger partial charge in [0.25, 0.3) is 5.91 Å². The van der Waals surface area contributed by atoms with Crippen LogP contribution in [-0.2, 0) is 17.9 Å². The van der Waals surface area contributed by atoms with Crippen molar-refractivity contribution in [2.75, 3.05) is 27.2 Å². The first kappa shape index (κ1) is 22.4. The van der Waals surface area contributed by atoms with Gasteiger partial charge >= 0.3 is 0 Å². The average molecular weight is 426 g/mol. The van der Waals surface area contributed by atoms with Gasteiger partial charge < -0.3 is 25.3 Å². The number of carbonyl (C=O) groups excluding carboxylic acids is 2. The fraction of sp³-hybridized carbons (Fsp3) is 0.435. The highest BCUT2D eigenvalue weighted by atomic mass is 16.3. The van der Waals surface area contributed by atoms with E-state index in [1.165, 1.54) is 0 Å². The number of guanidine groups is 1. The molecule has 1 aliphatic rings. The van der Waals surface area contributed by atoms with Crippen molar-refractivity contribution in [3.8, 4) is 0 Å². The zero-order valence-electron chi connectivity index (χ0n) is 18.2. The summed E-state index contributed by atoms with van der Waals surface area (Å²) in [5, 5.41) is 8.96. The van der Waals surface area contributed by atoms with Gasteiger partial charge in [0.05, 0.1) is 12.8 Å². The molecule has 1 saturated heterocycles. The topological polar surface area (TPSA) is 99.0 Å². The van der Waals surface area contributed by atoms with E-state index in [9.17, 15) is 9.59 Å². The zero-order valence-corrected chi connectivity index (χ0v) is 18.2. The number of furan rings is 1. The third-order valence-electron chi connectivity index (χ3n) is 5.52. The molecule has 31 heavy (non-hydrogen) atoms. The highest BCUT2D eigenvalue weighted by molar-refractivity contribution is 5.94. The SMILES string of the molecule is CN=C(NCc1cccc(C(=O)NCc2ccco2)c1)N1CCC(CC(=O)NC)CC1. The Labute approximate surface area is 183 Å². The zero-order chi connectivity index (χ0) is 22.1. The number of amides is 2. The maximum atomic E-state index is 12.4. The monoisotopic (exact) mass is 425 g/mol. The Morgan fingerprint density at radius 3 is 2.61 bits per heavy atom. The number of aliphatic imine (C=N–C) groups is 1. The smallest absolute Gasteiger partial charge is 0.251 e. The molecule has 0 aliphatic carbocycles. The standard InChI is InChI=1S/C23H31N5O3/c1-24-21(29)14-17-8-10-28(11-9-17)23(25-2)27-15-18-5-3-6-19(13-18)22(30)26-16-20-7-4-12-31-20/h3-7,12-13,17H,8-11,14-16H2,1-2H3,(H,24,29)(H,25,27)(H,26,30). The van der Waals surface area contributed by atoms with Gasteiger partial charge in [0.2, 0.25) is 5.91 Å². The number of benzene rings is 1. The fourth-order valence-electron chi connectivity index (χ4n) is 3.73. The molecule has 166 valence electrons. The molecule has 8 nitrogen and oxygen atoms in total. The molecular weight excluding hydrogens is 394 g/mol. The number of piperidine rings is 1. The van der Waals surface area contributed by atoms with Crippen LogP contribution in [0, 0.1) is 5.92 Å². The Morgan fingerprint density at radius 2 is 1.94 bits per heavy atom. The molecule has 2 amide bonds. The second-order valence-corrected chi connectivity index (χ2v) is 7.67. The van der Waals surface area contributed by atoms with Gasteiger partial charge in [-0.15, -0.1) is 0 Å². The van der Waals surface area contributed by atoms with Crippen LogP contribution in [0.25, 0.3) is 0 Å². The number of likely N-dealkylation sites (tertiary alicyclic amines) is 1. The summed E-state index contributed by atoms with van der Waals surface area (Å²) < 4.78 is 5.25. The van der Waals surface area contributed by atoms with E-state index in [1.807, 2.05) is 24.3 Å². The van der Waals surface area contributed by atoms with E-state index < -0.39 is 0 Å². The molecule has 3 N–H and O–H groups in total. The number of hydrogen-bond donors (Lipinski definition) is 3. The molecule has 2 heterocycles. The van der Waals surface area contributed by atoms with Gasteiger partial charge in [0, 0.05) is 45.7 Å². The van der Waals surface area contributed by atoms with Crippen molar-refractivity contribution in [3.05, 3.63) is 59.5 Å². The van der Waals surface area contributed by atoms with Gasteiger partial charge in [-0.3, -0.25) is 14.6 Å². The molecular formula is C23H31N5O3. The second-order valence-electron chi connectivity index (χ2n) is 7.67. The predicted octanol–water partition coefficient (Wildman–Crippen LogP) is 2.13. The summed E-state index contributed by atoms with van der Waals surface area (Å²) in [7, 11) is 3.46. The summed E-state index contributed by atoms with van der Waals surface area (Å²) in [4.78, 5) is 30.7. The van der Waals surface area contributed by atoms with Crippen LogP contribution < -0.4 is 16.0 Å². The van der Waals surface area contributed by atoms with Gasteiger partial charge in [-0.25, -0.2) is 0 Å². The second kappa shape index (κ2) is 11.2. The maximum absolute atomic E-state index is 12.4. The number of rotatable bonds is 7. The van der Waals surface area contributed by atoms with Gasteiger partial charge in [-0.1, -0.05) is 12.1 Å². The van der Waals surface area contributed by atoms with E-state index in [1.54, 1.807) is 32.5 Å². The first-order chi connectivity index (χ1) is 15.1. The summed E-state index contributed by atoms with van der Waals surface area (Å²) in [6.45, 7) is 2.67. The Bertz CT molecular complexity index is 886. The third kappa shape index (κ3) is 6.60. The first-order valence-corrected chi connectivity index (χ1v) is 10.6. The number of nitrogens with one attached hydrogen (secondary N) is 3. The molecule has 0 atom stereocenters. The van der Waals surface area contributed by atoms with Crippen LogP contribution in [0.2, 0.25) is 0 Å². The summed E-state index contributed by atoms with van der Waals surface area (Å²) in [6, 6.07) is 11.2. The summed E-state index contributed by atoms with van der Waals surface area (Å²) in [5.74, 6) is 1.95. The molecule has 1 aliphatic heterocycles. The van der Waals surface area contributed by atoms with Gasteiger partial charge in [-0.05, 0) is 48.6 Å². The van der Waals surface area contributed by atoms with Crippen LogP contribution in [0.5, 0.6) is 0 Å². The van der Waals surface area contributed by atoms with Crippen molar-refractivity contribution >= 4 is 17.8 Å². The van der Waals surface area contributed by atoms with E-state index >= 15 is 0 Å². The van der Waals surface area contributed by atoms with Crippen molar-refractivity contribution in [1.29, 1.82) is 0 Å². The minimum Gasteiger partial charge on any atom is -0.467 e. The number of hydrogen-bond acceptors (Lipinski definition) is 4. The molecule has 0 spiro atoms. The lowest BCUT2D eigenvalue weighted by molar-refractivity contribution is -0.121. The fourth-order valence-corrected chi connectivity index (χ4v) is 3.73. The first-order valence-electron chi connectivity index (χ1n) is 10.6. The lowest BCUT2D eigenvalue weighted by Crippen LogP contribution is -2.45. The van der Waals surface area contributed by atoms with Crippen molar-refractivity contribution in [2.45, 2.75) is 32.4 Å². The molecule has 8 heteroatoms. The number of carbonyl (C=O) groups is 2. The van der Waals surface area contributed by atoms with Crippen LogP contribution in [-0.4, -0.2) is 49.9 Å². The van der Waals surface area contributed by atoms with Gasteiger partial charge in [0.15, 0.2) is 5.96 Å². The molecule has 0 saturated carbocycles. The summed E-state index contributed by atoms with van der Waals surface area (Å²) >= 11 is 0. The Hall–Kier alpha value is -3.29. The van der Waals surface area contributed by atoms with E-state index in [4.69, 9.17) is 4.42 Å². The molecule has 0 radical (unpaired) electrons.